The Kier molecular flexibility index (Phi) is 4.31. The molecule has 1 heterocycles. The van der Waals surface area contributed by atoms with Crippen LogP contribution in [-0.2, 0) is 12.8 Å². The largest absolute Gasteiger partial charge is 0.497 e. The first-order valence-corrected chi connectivity index (χ1v) is 7.85. The molecule has 106 valence electrons. The maximum atomic E-state index is 5.20. The van der Waals surface area contributed by atoms with Crippen LogP contribution in [0.5, 0.6) is 5.75 Å². The molecule has 0 bridgehead atoms. The predicted molar refractivity (Wildman–Crippen MR) is 88.0 cm³/mol. The highest BCUT2D eigenvalue weighted by molar-refractivity contribution is 7.10. The molecule has 0 spiro atoms. The minimum absolute atomic E-state index is 0.875. The number of benzene rings is 2. The summed E-state index contributed by atoms with van der Waals surface area (Å²) >= 11 is 1.73. The molecule has 0 aliphatic carbocycles. The van der Waals surface area contributed by atoms with E-state index in [1.165, 1.54) is 10.4 Å². The van der Waals surface area contributed by atoms with Gasteiger partial charge in [0.1, 0.15) is 5.75 Å². The molecule has 2 nitrogen and oxygen atoms in total. The first-order valence-electron chi connectivity index (χ1n) is 6.97. The van der Waals surface area contributed by atoms with E-state index in [1.807, 2.05) is 17.6 Å². The fraction of sp³-hybridized carbons (Fsp3) is 0.167. The van der Waals surface area contributed by atoms with Crippen molar-refractivity contribution in [3.63, 3.8) is 0 Å². The minimum atomic E-state index is 0.875. The van der Waals surface area contributed by atoms with E-state index in [9.17, 15) is 0 Å². The van der Waals surface area contributed by atoms with Gasteiger partial charge in [-0.1, -0.05) is 30.3 Å². The van der Waals surface area contributed by atoms with Gasteiger partial charge in [0.15, 0.2) is 0 Å². The number of aromatic nitrogens is 1. The molecule has 3 heteroatoms. The topological polar surface area (TPSA) is 22.1 Å². The number of thiazole rings is 1. The first kappa shape index (κ1) is 13.8. The average molecular weight is 295 g/mol. The highest BCUT2D eigenvalue weighted by Crippen LogP contribution is 2.28. The lowest BCUT2D eigenvalue weighted by Gasteiger charge is -2.05. The zero-order valence-electron chi connectivity index (χ0n) is 12.0. The molecule has 0 atom stereocenters. The van der Waals surface area contributed by atoms with Crippen LogP contribution in [0.4, 0.5) is 0 Å². The number of hydrogen-bond acceptors (Lipinski definition) is 3. The third kappa shape index (κ3) is 3.31. The Morgan fingerprint density at radius 3 is 2.43 bits per heavy atom. The summed E-state index contributed by atoms with van der Waals surface area (Å²) in [5.74, 6) is 0.875. The molecule has 3 aromatic rings. The maximum absolute atomic E-state index is 5.20. The number of aryl methyl sites for hydroxylation is 2. The van der Waals surface area contributed by atoms with E-state index in [1.54, 1.807) is 18.4 Å². The highest BCUT2D eigenvalue weighted by Gasteiger charge is 2.09. The van der Waals surface area contributed by atoms with Crippen molar-refractivity contribution < 1.29 is 4.74 Å². The number of rotatable bonds is 5. The molecule has 0 saturated heterocycles. The van der Waals surface area contributed by atoms with E-state index in [0.717, 1.165) is 29.8 Å². The summed E-state index contributed by atoms with van der Waals surface area (Å²) in [4.78, 5) is 5.87. The van der Waals surface area contributed by atoms with Crippen molar-refractivity contribution in [2.75, 3.05) is 7.11 Å². The third-order valence-electron chi connectivity index (χ3n) is 3.49. The molecule has 1 aromatic heterocycles. The molecule has 0 radical (unpaired) electrons. The van der Waals surface area contributed by atoms with Gasteiger partial charge in [-0.25, -0.2) is 4.98 Å². The van der Waals surface area contributed by atoms with E-state index in [-0.39, 0.29) is 0 Å². The monoisotopic (exact) mass is 295 g/mol. The zero-order chi connectivity index (χ0) is 14.5. The standard InChI is InChI=1S/C18H17NOS/c1-20-16-10-8-15(9-11-16)18-17(21-13-19-18)12-7-14-5-3-2-4-6-14/h2-6,8-11,13H,7,12H2,1H3. The van der Waals surface area contributed by atoms with Gasteiger partial charge < -0.3 is 4.74 Å². The van der Waals surface area contributed by atoms with Gasteiger partial charge in [0.05, 0.1) is 18.3 Å². The van der Waals surface area contributed by atoms with Gasteiger partial charge in [0.25, 0.3) is 0 Å². The summed E-state index contributed by atoms with van der Waals surface area (Å²) < 4.78 is 5.20. The molecule has 3 rings (SSSR count). The molecular weight excluding hydrogens is 278 g/mol. The Labute approximate surface area is 129 Å². The highest BCUT2D eigenvalue weighted by atomic mass is 32.1. The van der Waals surface area contributed by atoms with E-state index in [2.05, 4.69) is 47.4 Å². The van der Waals surface area contributed by atoms with Crippen molar-refractivity contribution in [3.05, 3.63) is 70.5 Å². The summed E-state index contributed by atoms with van der Waals surface area (Å²) in [6, 6.07) is 18.7. The number of methoxy groups -OCH3 is 1. The van der Waals surface area contributed by atoms with Gasteiger partial charge in [0, 0.05) is 10.4 Å². The van der Waals surface area contributed by atoms with Crippen molar-refractivity contribution in [1.29, 1.82) is 0 Å². The minimum Gasteiger partial charge on any atom is -0.497 e. The second-order valence-corrected chi connectivity index (χ2v) is 5.78. The van der Waals surface area contributed by atoms with Crippen LogP contribution in [-0.4, -0.2) is 12.1 Å². The SMILES string of the molecule is COc1ccc(-c2ncsc2CCc2ccccc2)cc1. The maximum Gasteiger partial charge on any atom is 0.118 e. The predicted octanol–water partition coefficient (Wildman–Crippen LogP) is 4.60. The van der Waals surface area contributed by atoms with Crippen LogP contribution < -0.4 is 4.74 Å². The summed E-state index contributed by atoms with van der Waals surface area (Å²) in [5.41, 5.74) is 5.55. The quantitative estimate of drug-likeness (QED) is 0.686. The van der Waals surface area contributed by atoms with E-state index >= 15 is 0 Å². The number of ether oxygens (including phenoxy) is 1. The molecule has 0 amide bonds. The molecule has 0 N–H and O–H groups in total. The van der Waals surface area contributed by atoms with Gasteiger partial charge >= 0.3 is 0 Å². The molecule has 0 unspecified atom stereocenters. The van der Waals surface area contributed by atoms with Crippen molar-refractivity contribution in [1.82, 2.24) is 4.98 Å². The van der Waals surface area contributed by atoms with Crippen LogP contribution in [0.2, 0.25) is 0 Å². The second-order valence-electron chi connectivity index (χ2n) is 4.84. The average Bonchev–Trinajstić information content (AvgIpc) is 3.02. The lowest BCUT2D eigenvalue weighted by molar-refractivity contribution is 0.415. The van der Waals surface area contributed by atoms with Crippen molar-refractivity contribution >= 4 is 11.3 Å². The fourth-order valence-electron chi connectivity index (χ4n) is 2.33. The van der Waals surface area contributed by atoms with Crippen LogP contribution in [0, 0.1) is 0 Å². The number of nitrogens with zero attached hydrogens (tertiary/aromatic N) is 1. The lowest BCUT2D eigenvalue weighted by atomic mass is 10.1. The van der Waals surface area contributed by atoms with Crippen LogP contribution in [0.1, 0.15) is 10.4 Å². The van der Waals surface area contributed by atoms with Crippen molar-refractivity contribution in [3.8, 4) is 17.0 Å². The summed E-state index contributed by atoms with van der Waals surface area (Å²) in [5, 5.41) is 0. The van der Waals surface area contributed by atoms with Crippen LogP contribution in [0.25, 0.3) is 11.3 Å². The Morgan fingerprint density at radius 1 is 0.952 bits per heavy atom. The third-order valence-corrected chi connectivity index (χ3v) is 4.38. The van der Waals surface area contributed by atoms with Gasteiger partial charge in [-0.15, -0.1) is 11.3 Å². The summed E-state index contributed by atoms with van der Waals surface area (Å²) in [6.45, 7) is 0. The summed E-state index contributed by atoms with van der Waals surface area (Å²) in [6.07, 6.45) is 2.07. The summed E-state index contributed by atoms with van der Waals surface area (Å²) in [7, 11) is 1.68. The second kappa shape index (κ2) is 6.55. The van der Waals surface area contributed by atoms with Crippen LogP contribution in [0.3, 0.4) is 0 Å². The Hall–Kier alpha value is -2.13. The lowest BCUT2D eigenvalue weighted by Crippen LogP contribution is -1.91. The molecule has 0 aliphatic heterocycles. The first-order chi connectivity index (χ1) is 10.4. The Bertz CT molecular complexity index is 689. The van der Waals surface area contributed by atoms with Gasteiger partial charge in [0.2, 0.25) is 0 Å². The van der Waals surface area contributed by atoms with Crippen molar-refractivity contribution in [2.24, 2.45) is 0 Å². The molecule has 21 heavy (non-hydrogen) atoms. The zero-order valence-corrected chi connectivity index (χ0v) is 12.8. The Balaban J connectivity index is 1.77. The van der Waals surface area contributed by atoms with E-state index in [4.69, 9.17) is 4.74 Å². The molecule has 2 aromatic carbocycles. The molecule has 0 saturated carbocycles. The van der Waals surface area contributed by atoms with Crippen molar-refractivity contribution in [2.45, 2.75) is 12.8 Å². The van der Waals surface area contributed by atoms with Gasteiger partial charge in [-0.3, -0.25) is 0 Å². The van der Waals surface area contributed by atoms with E-state index < -0.39 is 0 Å². The van der Waals surface area contributed by atoms with Gasteiger partial charge in [-0.2, -0.15) is 0 Å². The van der Waals surface area contributed by atoms with Gasteiger partial charge in [-0.05, 0) is 42.7 Å². The van der Waals surface area contributed by atoms with Crippen LogP contribution >= 0.6 is 11.3 Å². The molecule has 0 aliphatic rings. The molecule has 0 fully saturated rings. The van der Waals surface area contributed by atoms with E-state index in [0.29, 0.717) is 0 Å². The Morgan fingerprint density at radius 2 is 1.71 bits per heavy atom. The normalized spacial score (nSPS) is 10.5. The molecular formula is C18H17NOS. The number of hydrogen-bond donors (Lipinski definition) is 0. The smallest absolute Gasteiger partial charge is 0.118 e. The fourth-order valence-corrected chi connectivity index (χ4v) is 3.12. The van der Waals surface area contributed by atoms with Crippen LogP contribution in [0.15, 0.2) is 60.1 Å².